The van der Waals surface area contributed by atoms with Crippen LogP contribution >= 0.6 is 23.2 Å². The van der Waals surface area contributed by atoms with E-state index in [2.05, 4.69) is 5.32 Å². The van der Waals surface area contributed by atoms with Crippen LogP contribution in [0, 0.1) is 0 Å². The van der Waals surface area contributed by atoms with Gasteiger partial charge in [0.25, 0.3) is 0 Å². The van der Waals surface area contributed by atoms with Crippen molar-refractivity contribution >= 4 is 34.9 Å². The monoisotopic (exact) mass is 325 g/mol. The fourth-order valence-corrected chi connectivity index (χ4v) is 2.31. The number of halogens is 2. The first-order chi connectivity index (χ1) is 10.0. The van der Waals surface area contributed by atoms with Crippen molar-refractivity contribution in [3.8, 4) is 5.75 Å². The zero-order valence-corrected chi connectivity index (χ0v) is 12.7. The average Bonchev–Trinajstić information content (AvgIpc) is 2.46. The summed E-state index contributed by atoms with van der Waals surface area (Å²) in [6.45, 7) is 0.426. The number of carbonyl (C=O) groups is 1. The van der Waals surface area contributed by atoms with Gasteiger partial charge < -0.3 is 15.2 Å². The van der Waals surface area contributed by atoms with Gasteiger partial charge in [0.1, 0.15) is 5.75 Å². The Morgan fingerprint density at radius 2 is 2.00 bits per heavy atom. The van der Waals surface area contributed by atoms with Crippen molar-refractivity contribution in [2.45, 2.75) is 6.54 Å². The fourth-order valence-electron chi connectivity index (χ4n) is 1.83. The first-order valence-corrected chi connectivity index (χ1v) is 6.86. The first-order valence-electron chi connectivity index (χ1n) is 6.10. The summed E-state index contributed by atoms with van der Waals surface area (Å²) in [5.74, 6) is -0.435. The zero-order valence-electron chi connectivity index (χ0n) is 11.2. The van der Waals surface area contributed by atoms with Crippen LogP contribution < -0.4 is 10.1 Å². The van der Waals surface area contributed by atoms with Gasteiger partial charge in [0.05, 0.1) is 18.4 Å². The van der Waals surface area contributed by atoms with Crippen LogP contribution in [0.15, 0.2) is 36.4 Å². The zero-order chi connectivity index (χ0) is 15.4. The van der Waals surface area contributed by atoms with Crippen molar-refractivity contribution in [2.75, 3.05) is 12.4 Å². The molecular weight excluding hydrogens is 313 g/mol. The molecule has 0 aliphatic rings. The number of rotatable bonds is 5. The molecule has 0 radical (unpaired) electrons. The van der Waals surface area contributed by atoms with Gasteiger partial charge in [0.2, 0.25) is 0 Å². The molecule has 0 saturated heterocycles. The number of benzene rings is 2. The van der Waals surface area contributed by atoms with E-state index >= 15 is 0 Å². The summed E-state index contributed by atoms with van der Waals surface area (Å²) in [6, 6.07) is 9.83. The number of hydrogen-bond donors (Lipinski definition) is 2. The number of carboxylic acid groups (broad SMARTS) is 1. The maximum atomic E-state index is 11.0. The van der Waals surface area contributed by atoms with Gasteiger partial charge in [-0.05, 0) is 35.9 Å². The molecule has 0 aliphatic carbocycles. The van der Waals surface area contributed by atoms with E-state index in [1.807, 2.05) is 6.07 Å². The Kier molecular flexibility index (Phi) is 4.94. The van der Waals surface area contributed by atoms with E-state index in [0.29, 0.717) is 28.0 Å². The summed E-state index contributed by atoms with van der Waals surface area (Å²) in [6.07, 6.45) is 0. The average molecular weight is 326 g/mol. The highest BCUT2D eigenvalue weighted by Gasteiger charge is 2.09. The van der Waals surface area contributed by atoms with Gasteiger partial charge in [-0.2, -0.15) is 0 Å². The Morgan fingerprint density at radius 3 is 2.62 bits per heavy atom. The summed E-state index contributed by atoms with van der Waals surface area (Å²) < 4.78 is 5.21. The van der Waals surface area contributed by atoms with Crippen LogP contribution in [0.2, 0.25) is 10.0 Å². The largest absolute Gasteiger partial charge is 0.495 e. The molecule has 0 unspecified atom stereocenters. The van der Waals surface area contributed by atoms with Crippen LogP contribution in [-0.2, 0) is 6.54 Å². The third kappa shape index (κ3) is 3.80. The van der Waals surface area contributed by atoms with Crippen LogP contribution in [0.5, 0.6) is 5.75 Å². The maximum absolute atomic E-state index is 11.0. The molecule has 4 nitrogen and oxygen atoms in total. The van der Waals surface area contributed by atoms with Gasteiger partial charge in [-0.3, -0.25) is 0 Å². The molecule has 0 aromatic heterocycles. The highest BCUT2D eigenvalue weighted by Crippen LogP contribution is 2.27. The fraction of sp³-hybridized carbons (Fsp3) is 0.133. The van der Waals surface area contributed by atoms with Gasteiger partial charge >= 0.3 is 5.97 Å². The summed E-state index contributed by atoms with van der Waals surface area (Å²) in [5.41, 5.74) is 1.62. The number of nitrogens with one attached hydrogen (secondary N) is 1. The van der Waals surface area contributed by atoms with Crippen LogP contribution in [0.4, 0.5) is 5.69 Å². The SMILES string of the molecule is COc1ccc(C(=O)O)cc1NCc1ccc(Cl)cc1Cl. The predicted octanol–water partition coefficient (Wildman–Crippen LogP) is 4.31. The standard InChI is InChI=1S/C15H13Cl2NO3/c1-21-14-5-3-9(15(19)20)6-13(14)18-8-10-2-4-11(16)7-12(10)17/h2-7,18H,8H2,1H3,(H,19,20). The molecule has 21 heavy (non-hydrogen) atoms. The number of methoxy groups -OCH3 is 1. The normalized spacial score (nSPS) is 10.2. The van der Waals surface area contributed by atoms with Crippen molar-refractivity contribution in [3.63, 3.8) is 0 Å². The van der Waals surface area contributed by atoms with Crippen molar-refractivity contribution in [3.05, 3.63) is 57.6 Å². The Labute approximate surface area is 132 Å². The van der Waals surface area contributed by atoms with Gasteiger partial charge in [-0.1, -0.05) is 29.3 Å². The quantitative estimate of drug-likeness (QED) is 0.859. The first kappa shape index (κ1) is 15.5. The molecule has 110 valence electrons. The molecule has 0 fully saturated rings. The Morgan fingerprint density at radius 1 is 1.24 bits per heavy atom. The lowest BCUT2D eigenvalue weighted by atomic mass is 10.1. The van der Waals surface area contributed by atoms with E-state index in [0.717, 1.165) is 5.56 Å². The molecule has 2 aromatic rings. The van der Waals surface area contributed by atoms with E-state index < -0.39 is 5.97 Å². The minimum Gasteiger partial charge on any atom is -0.495 e. The van der Waals surface area contributed by atoms with Gasteiger partial charge in [0.15, 0.2) is 0 Å². The molecule has 0 spiro atoms. The Hall–Kier alpha value is -1.91. The van der Waals surface area contributed by atoms with E-state index in [1.165, 1.54) is 19.2 Å². The summed E-state index contributed by atoms with van der Waals surface area (Å²) >= 11 is 11.9. The van der Waals surface area contributed by atoms with Gasteiger partial charge in [-0.15, -0.1) is 0 Å². The smallest absolute Gasteiger partial charge is 0.335 e. The minimum atomic E-state index is -0.995. The predicted molar refractivity (Wildman–Crippen MR) is 83.7 cm³/mol. The van der Waals surface area contributed by atoms with Crippen molar-refractivity contribution < 1.29 is 14.6 Å². The molecule has 2 rings (SSSR count). The molecule has 6 heteroatoms. The summed E-state index contributed by atoms with van der Waals surface area (Å²) in [4.78, 5) is 11.0. The highest BCUT2D eigenvalue weighted by atomic mass is 35.5. The molecule has 0 bridgehead atoms. The van der Waals surface area contributed by atoms with Crippen LogP contribution in [-0.4, -0.2) is 18.2 Å². The number of hydrogen-bond acceptors (Lipinski definition) is 3. The van der Waals surface area contributed by atoms with Crippen LogP contribution in [0.1, 0.15) is 15.9 Å². The Bertz CT molecular complexity index is 674. The molecular formula is C15H13Cl2NO3. The number of ether oxygens (including phenoxy) is 1. The van der Waals surface area contributed by atoms with Crippen molar-refractivity contribution in [1.29, 1.82) is 0 Å². The molecule has 0 heterocycles. The van der Waals surface area contributed by atoms with E-state index in [-0.39, 0.29) is 5.56 Å². The van der Waals surface area contributed by atoms with Crippen molar-refractivity contribution in [2.24, 2.45) is 0 Å². The topological polar surface area (TPSA) is 58.6 Å². The number of aromatic carboxylic acids is 1. The molecule has 0 saturated carbocycles. The van der Waals surface area contributed by atoms with E-state index in [4.69, 9.17) is 33.0 Å². The second-order valence-corrected chi connectivity index (χ2v) is 5.15. The molecule has 0 amide bonds. The molecule has 2 aromatic carbocycles. The number of anilines is 1. The minimum absolute atomic E-state index is 0.181. The maximum Gasteiger partial charge on any atom is 0.335 e. The van der Waals surface area contributed by atoms with E-state index in [9.17, 15) is 4.79 Å². The molecule has 2 N–H and O–H groups in total. The third-order valence-electron chi connectivity index (χ3n) is 2.93. The lowest BCUT2D eigenvalue weighted by molar-refractivity contribution is 0.0697. The molecule has 0 atom stereocenters. The molecule has 0 aliphatic heterocycles. The Balaban J connectivity index is 2.22. The van der Waals surface area contributed by atoms with E-state index in [1.54, 1.807) is 18.2 Å². The lowest BCUT2D eigenvalue weighted by Crippen LogP contribution is -2.04. The van der Waals surface area contributed by atoms with Crippen LogP contribution in [0.3, 0.4) is 0 Å². The second-order valence-electron chi connectivity index (χ2n) is 4.31. The summed E-state index contributed by atoms with van der Waals surface area (Å²) in [7, 11) is 1.52. The number of carboxylic acids is 1. The summed E-state index contributed by atoms with van der Waals surface area (Å²) in [5, 5.41) is 13.3. The van der Waals surface area contributed by atoms with Gasteiger partial charge in [0, 0.05) is 16.6 Å². The second kappa shape index (κ2) is 6.70. The van der Waals surface area contributed by atoms with Crippen molar-refractivity contribution in [1.82, 2.24) is 0 Å². The van der Waals surface area contributed by atoms with Crippen LogP contribution in [0.25, 0.3) is 0 Å². The lowest BCUT2D eigenvalue weighted by Gasteiger charge is -2.13. The third-order valence-corrected chi connectivity index (χ3v) is 3.52. The van der Waals surface area contributed by atoms with Gasteiger partial charge in [-0.25, -0.2) is 4.79 Å². The highest BCUT2D eigenvalue weighted by molar-refractivity contribution is 6.35.